The molecular weight excluding hydrogens is 943 g/mol. The SMILES string of the molecule is CCCCCCCCCCCCOc1ccc(C(=O)Oc2ccc(C=Nc3ccc(Cc4ccc(N=Cc5ccc(OC(=O)c6ccc(OCCCCCCCCCCCC)cc6)cc5)c(F)c4)cc3F)cc2)cc1. The lowest BCUT2D eigenvalue weighted by molar-refractivity contribution is 0.0725. The monoisotopic (exact) mass is 1020 g/mol. The molecule has 0 aliphatic heterocycles. The minimum absolute atomic E-state index is 0.150. The van der Waals surface area contributed by atoms with E-state index in [9.17, 15) is 9.59 Å². The van der Waals surface area contributed by atoms with Gasteiger partial charge in [-0.2, -0.15) is 0 Å². The molecule has 396 valence electrons. The molecule has 0 atom stereocenters. The van der Waals surface area contributed by atoms with Crippen LogP contribution >= 0.6 is 0 Å². The molecule has 0 fully saturated rings. The second-order valence-corrected chi connectivity index (χ2v) is 19.3. The topological polar surface area (TPSA) is 95.8 Å². The van der Waals surface area contributed by atoms with Gasteiger partial charge in [0.15, 0.2) is 0 Å². The Morgan fingerprint density at radius 1 is 0.400 bits per heavy atom. The molecule has 0 amide bonds. The Kier molecular flexibility index (Phi) is 25.3. The minimum atomic E-state index is -0.513. The summed E-state index contributed by atoms with van der Waals surface area (Å²) < 4.78 is 53.3. The number of hydrogen-bond donors (Lipinski definition) is 0. The number of halogens is 2. The first-order valence-corrected chi connectivity index (χ1v) is 27.5. The molecule has 0 aliphatic carbocycles. The van der Waals surface area contributed by atoms with E-state index in [1.54, 1.807) is 121 Å². The first-order chi connectivity index (χ1) is 36.8. The molecular formula is C65H76F2N2O6. The molecule has 6 aromatic carbocycles. The summed E-state index contributed by atoms with van der Waals surface area (Å²) >= 11 is 0. The lowest BCUT2D eigenvalue weighted by atomic mass is 10.0. The largest absolute Gasteiger partial charge is 0.494 e. The molecule has 0 spiro atoms. The van der Waals surface area contributed by atoms with Gasteiger partial charge in [-0.05, 0) is 163 Å². The maximum absolute atomic E-state index is 15.2. The van der Waals surface area contributed by atoms with Gasteiger partial charge >= 0.3 is 11.9 Å². The predicted molar refractivity (Wildman–Crippen MR) is 300 cm³/mol. The van der Waals surface area contributed by atoms with Crippen molar-refractivity contribution in [2.75, 3.05) is 13.2 Å². The summed E-state index contributed by atoms with van der Waals surface area (Å²) in [5, 5.41) is 0. The average molecular weight is 1020 g/mol. The Hall–Kier alpha value is -6.94. The van der Waals surface area contributed by atoms with Crippen molar-refractivity contribution in [2.45, 2.75) is 149 Å². The number of nitrogens with zero attached hydrogens (tertiary/aromatic N) is 2. The van der Waals surface area contributed by atoms with Crippen molar-refractivity contribution in [3.05, 3.63) is 178 Å². The standard InChI is InChI=1S/C65H76F2N2O6/c1-3-5-7-9-11-13-15-17-19-21-43-72-56-37-29-54(30-38-56)64(70)74-58-33-23-50(24-34-58)48-68-62-41-27-52(46-60(62)66)45-53-28-42-63(61(67)47-53)69-49-51-25-35-59(36-26-51)75-65(71)55-31-39-57(40-32-55)73-44-22-20-18-16-14-12-10-8-6-4-2/h23-42,46-49H,3-22,43-45H2,1-2H3. The van der Waals surface area contributed by atoms with E-state index in [4.69, 9.17) is 18.9 Å². The van der Waals surface area contributed by atoms with Crippen molar-refractivity contribution in [3.63, 3.8) is 0 Å². The summed E-state index contributed by atoms with van der Waals surface area (Å²) in [6.07, 6.45) is 28.8. The predicted octanol–water partition coefficient (Wildman–Crippen LogP) is 18.1. The molecule has 0 aliphatic rings. The molecule has 0 heterocycles. The van der Waals surface area contributed by atoms with Crippen LogP contribution in [0.15, 0.2) is 143 Å². The first-order valence-electron chi connectivity index (χ1n) is 27.5. The van der Waals surface area contributed by atoms with Gasteiger partial charge in [-0.3, -0.25) is 9.98 Å². The Morgan fingerprint density at radius 2 is 0.720 bits per heavy atom. The zero-order chi connectivity index (χ0) is 52.7. The normalized spacial score (nSPS) is 11.4. The summed E-state index contributed by atoms with van der Waals surface area (Å²) in [6, 6.07) is 37.0. The van der Waals surface area contributed by atoms with Crippen LogP contribution in [0, 0.1) is 11.6 Å². The highest BCUT2D eigenvalue weighted by Crippen LogP contribution is 2.26. The zero-order valence-corrected chi connectivity index (χ0v) is 44.2. The molecule has 0 aromatic heterocycles. The van der Waals surface area contributed by atoms with E-state index in [0.29, 0.717) is 64.5 Å². The van der Waals surface area contributed by atoms with E-state index in [2.05, 4.69) is 23.8 Å². The van der Waals surface area contributed by atoms with Crippen LogP contribution in [0.5, 0.6) is 23.0 Å². The van der Waals surface area contributed by atoms with Gasteiger partial charge in [0, 0.05) is 12.4 Å². The van der Waals surface area contributed by atoms with Gasteiger partial charge in [0.25, 0.3) is 0 Å². The number of rotatable bonds is 34. The fraction of sp³-hybridized carbons (Fsp3) is 0.385. The second kappa shape index (κ2) is 33.1. The van der Waals surface area contributed by atoms with Gasteiger partial charge in [-0.25, -0.2) is 18.4 Å². The van der Waals surface area contributed by atoms with Gasteiger partial charge in [-0.15, -0.1) is 0 Å². The smallest absolute Gasteiger partial charge is 0.343 e. The van der Waals surface area contributed by atoms with Gasteiger partial charge < -0.3 is 18.9 Å². The highest BCUT2D eigenvalue weighted by atomic mass is 19.1. The van der Waals surface area contributed by atoms with Crippen molar-refractivity contribution in [2.24, 2.45) is 9.98 Å². The van der Waals surface area contributed by atoms with Crippen LogP contribution in [0.4, 0.5) is 20.2 Å². The summed E-state index contributed by atoms with van der Waals surface area (Å²) in [7, 11) is 0. The number of carbonyl (C=O) groups excluding carboxylic acids is 2. The Bertz CT molecular complexity index is 2480. The summed E-state index contributed by atoms with van der Waals surface area (Å²) in [5.41, 5.74) is 3.82. The van der Waals surface area contributed by atoms with Gasteiger partial charge in [0.1, 0.15) is 34.6 Å². The Balaban J connectivity index is 0.872. The van der Waals surface area contributed by atoms with Crippen LogP contribution < -0.4 is 18.9 Å². The van der Waals surface area contributed by atoms with E-state index in [0.717, 1.165) is 37.2 Å². The minimum Gasteiger partial charge on any atom is -0.494 e. The molecule has 8 nitrogen and oxygen atoms in total. The van der Waals surface area contributed by atoms with Crippen LogP contribution in [0.1, 0.15) is 185 Å². The van der Waals surface area contributed by atoms with Crippen molar-refractivity contribution in [1.82, 2.24) is 0 Å². The van der Waals surface area contributed by atoms with Gasteiger partial charge in [0.05, 0.1) is 35.7 Å². The van der Waals surface area contributed by atoms with Gasteiger partial charge in [-0.1, -0.05) is 142 Å². The summed E-state index contributed by atoms with van der Waals surface area (Å²) in [4.78, 5) is 34.3. The van der Waals surface area contributed by atoms with Crippen LogP contribution in [0.25, 0.3) is 0 Å². The molecule has 6 rings (SSSR count). The number of esters is 2. The zero-order valence-electron chi connectivity index (χ0n) is 44.2. The fourth-order valence-electron chi connectivity index (χ4n) is 8.56. The van der Waals surface area contributed by atoms with Crippen molar-refractivity contribution in [1.29, 1.82) is 0 Å². The highest BCUT2D eigenvalue weighted by Gasteiger charge is 2.12. The van der Waals surface area contributed by atoms with E-state index in [1.807, 2.05) is 0 Å². The number of aliphatic imine (C=N–C) groups is 2. The third-order valence-corrected chi connectivity index (χ3v) is 13.0. The maximum Gasteiger partial charge on any atom is 0.343 e. The summed E-state index contributed by atoms with van der Waals surface area (Å²) in [6.45, 7) is 5.80. The third kappa shape index (κ3) is 21.4. The van der Waals surface area contributed by atoms with Crippen molar-refractivity contribution >= 4 is 35.7 Å². The number of benzene rings is 6. The molecule has 0 radical (unpaired) electrons. The number of ether oxygens (including phenoxy) is 4. The van der Waals surface area contributed by atoms with Crippen LogP contribution in [-0.2, 0) is 6.42 Å². The molecule has 10 heteroatoms. The molecule has 0 saturated heterocycles. The quantitative estimate of drug-likeness (QED) is 0.0173. The average Bonchev–Trinajstić information content (AvgIpc) is 3.42. The Morgan fingerprint density at radius 3 is 1.05 bits per heavy atom. The molecule has 0 N–H and O–H groups in total. The van der Waals surface area contributed by atoms with E-state index in [1.165, 1.54) is 127 Å². The Labute approximate surface area is 444 Å². The van der Waals surface area contributed by atoms with Crippen LogP contribution in [0.2, 0.25) is 0 Å². The highest BCUT2D eigenvalue weighted by molar-refractivity contribution is 5.92. The van der Waals surface area contributed by atoms with Crippen LogP contribution in [0.3, 0.4) is 0 Å². The second-order valence-electron chi connectivity index (χ2n) is 19.3. The van der Waals surface area contributed by atoms with E-state index in [-0.39, 0.29) is 11.4 Å². The van der Waals surface area contributed by atoms with Crippen molar-refractivity contribution in [3.8, 4) is 23.0 Å². The molecule has 0 unspecified atom stereocenters. The first kappa shape index (κ1) is 57.3. The van der Waals surface area contributed by atoms with E-state index >= 15 is 8.78 Å². The number of carbonyl (C=O) groups is 2. The lowest BCUT2D eigenvalue weighted by Crippen LogP contribution is -2.08. The number of hydrogen-bond acceptors (Lipinski definition) is 8. The molecule has 75 heavy (non-hydrogen) atoms. The van der Waals surface area contributed by atoms with Gasteiger partial charge in [0.2, 0.25) is 0 Å². The lowest BCUT2D eigenvalue weighted by Gasteiger charge is -2.08. The molecule has 6 aromatic rings. The fourth-order valence-corrected chi connectivity index (χ4v) is 8.56. The third-order valence-electron chi connectivity index (χ3n) is 13.0. The molecule has 0 saturated carbocycles. The van der Waals surface area contributed by atoms with E-state index < -0.39 is 23.6 Å². The number of unbranched alkanes of at least 4 members (excludes halogenated alkanes) is 18. The van der Waals surface area contributed by atoms with Crippen molar-refractivity contribution < 1.29 is 37.3 Å². The van der Waals surface area contributed by atoms with Crippen LogP contribution in [-0.4, -0.2) is 37.6 Å². The molecule has 0 bridgehead atoms. The maximum atomic E-state index is 15.2. The summed E-state index contributed by atoms with van der Waals surface area (Å²) in [5.74, 6) is 0.203.